The molecule has 0 saturated carbocycles. The van der Waals surface area contributed by atoms with E-state index in [-0.39, 0.29) is 0 Å². The molecule has 3 atom stereocenters. The molecule has 3 unspecified atom stereocenters. The van der Waals surface area contributed by atoms with Gasteiger partial charge in [-0.2, -0.15) is 0 Å². The molecule has 0 nitrogen and oxygen atoms in total. The van der Waals surface area contributed by atoms with Crippen molar-refractivity contribution >= 4 is 34.4 Å². The summed E-state index contributed by atoms with van der Waals surface area (Å²) in [5, 5.41) is 0. The van der Waals surface area contributed by atoms with Crippen LogP contribution in [0, 0.1) is 0 Å². The fourth-order valence-corrected chi connectivity index (χ4v) is 75.9. The summed E-state index contributed by atoms with van der Waals surface area (Å²) in [6.45, 7) is 14.4. The van der Waals surface area contributed by atoms with Gasteiger partial charge < -0.3 is 0 Å². The zero-order valence-corrected chi connectivity index (χ0v) is 26.3. The van der Waals surface area contributed by atoms with Crippen LogP contribution < -0.4 is 0 Å². The Morgan fingerprint density at radius 1 is 0.448 bits per heavy atom. The van der Waals surface area contributed by atoms with Gasteiger partial charge in [0.2, 0.25) is 0 Å². The molecule has 0 aromatic rings. The van der Waals surface area contributed by atoms with Crippen LogP contribution in [0.5, 0.6) is 0 Å². The van der Waals surface area contributed by atoms with E-state index in [4.69, 9.17) is 9.58 Å². The van der Waals surface area contributed by atoms with E-state index in [9.17, 15) is 0 Å². The molecule has 0 aliphatic heterocycles. The van der Waals surface area contributed by atoms with E-state index in [0.29, 0.717) is 24.8 Å². The predicted octanol–water partition coefficient (Wildman–Crippen LogP) is 10.6. The minimum atomic E-state index is -2.41. The Bertz CT molecular complexity index is 520. The van der Waals surface area contributed by atoms with Gasteiger partial charge >= 0.3 is 196 Å². The van der Waals surface area contributed by atoms with E-state index in [0.717, 1.165) is 0 Å². The number of hydrogen-bond donors (Lipinski definition) is 0. The molecule has 0 rings (SSSR count). The molecule has 0 N–H and O–H groups in total. The van der Waals surface area contributed by atoms with Crippen molar-refractivity contribution in [2.75, 3.05) is 34.5 Å². The third-order valence-corrected chi connectivity index (χ3v) is 69.9. The molecule has 0 aliphatic carbocycles. The molecule has 0 aromatic carbocycles. The molecule has 0 amide bonds. The van der Waals surface area contributed by atoms with Crippen LogP contribution in [0.25, 0.3) is 0 Å². The molecule has 0 radical (unpaired) electrons. The molecule has 0 aromatic heterocycles. The van der Waals surface area contributed by atoms with Crippen molar-refractivity contribution in [1.29, 1.82) is 0 Å². The fourth-order valence-electron chi connectivity index (χ4n) is 3.39. The predicted molar refractivity (Wildman–Crippen MR) is 147 cm³/mol. The zero-order valence-electron chi connectivity index (χ0n) is 20.7. The number of rotatable bonds is 18. The first-order chi connectivity index (χ1) is 14.1. The molecule has 184 valence electrons. The summed E-state index contributed by atoms with van der Waals surface area (Å²) in [7, 11) is 7.38. The molecule has 0 bridgehead atoms. The van der Waals surface area contributed by atoms with Crippen molar-refractivity contribution < 1.29 is 8.95 Å². The van der Waals surface area contributed by atoms with Crippen molar-refractivity contribution in [2.24, 2.45) is 0 Å². The van der Waals surface area contributed by atoms with Crippen LogP contribution in [0.3, 0.4) is 0 Å². The van der Waals surface area contributed by atoms with E-state index in [2.05, 4.69) is 41.5 Å². The average molecular weight is 667 g/mol. The van der Waals surface area contributed by atoms with Gasteiger partial charge in [0.1, 0.15) is 0 Å². The third kappa shape index (κ3) is 12.1. The van der Waals surface area contributed by atoms with Crippen LogP contribution in [0.1, 0.15) is 119 Å². The molecule has 0 saturated heterocycles. The summed E-state index contributed by atoms with van der Waals surface area (Å²) in [5.41, 5.74) is 0. The Labute approximate surface area is 195 Å². The fraction of sp³-hybridized carbons (Fsp3) is 1.00. The van der Waals surface area contributed by atoms with Gasteiger partial charge in [0, 0.05) is 0 Å². The van der Waals surface area contributed by atoms with Crippen LogP contribution in [-0.4, -0.2) is 34.5 Å². The topological polar surface area (TPSA) is 0 Å². The van der Waals surface area contributed by atoms with Crippen LogP contribution in [0.2, 0.25) is 0 Å². The van der Waals surface area contributed by atoms with Gasteiger partial charge in [0.15, 0.2) is 0 Å². The Kier molecular flexibility index (Phi) is 22.0. The van der Waals surface area contributed by atoms with Gasteiger partial charge in [-0.1, -0.05) is 0 Å². The van der Waals surface area contributed by atoms with Crippen LogP contribution in [0.15, 0.2) is 0 Å². The Balaban J connectivity index is 6.22. The van der Waals surface area contributed by atoms with E-state index in [1.165, 1.54) is 112 Å². The molecule has 0 heterocycles. The summed E-state index contributed by atoms with van der Waals surface area (Å²) in [5.74, 6) is 8.55. The third-order valence-electron chi connectivity index (χ3n) is 5.22. The van der Waals surface area contributed by atoms with Crippen LogP contribution >= 0.6 is 34.4 Å². The molecular formula is C24H54ClIrS3. The number of hydrogen-bond acceptors (Lipinski definition) is 0. The molecule has 0 aliphatic rings. The first kappa shape index (κ1) is 31.0. The van der Waals surface area contributed by atoms with Gasteiger partial charge in [0.05, 0.1) is 0 Å². The Morgan fingerprint density at radius 3 is 0.931 bits per heavy atom. The Morgan fingerprint density at radius 2 is 0.724 bits per heavy atom. The maximum absolute atomic E-state index is 8.10. The van der Waals surface area contributed by atoms with Crippen molar-refractivity contribution in [2.45, 2.75) is 119 Å². The molecule has 0 spiro atoms. The van der Waals surface area contributed by atoms with Crippen LogP contribution in [-0.2, 0) is 8.95 Å². The zero-order chi connectivity index (χ0) is 22.0. The average Bonchev–Trinajstić information content (AvgIpc) is 2.73. The quantitative estimate of drug-likeness (QED) is 0.128. The molecule has 29 heavy (non-hydrogen) atoms. The molecule has 5 heteroatoms. The van der Waals surface area contributed by atoms with Crippen molar-refractivity contribution in [1.82, 2.24) is 0 Å². The first-order valence-electron chi connectivity index (χ1n) is 12.5. The normalized spacial score (nSPS) is 18.2. The SMILES string of the molecule is CCCCCC[S](CC)=[Ir]([Cl])(=[S](CC)CCCCCC)=[S](CC)CCCCCC. The van der Waals surface area contributed by atoms with Crippen molar-refractivity contribution in [3.63, 3.8) is 0 Å². The van der Waals surface area contributed by atoms with Gasteiger partial charge in [-0.25, -0.2) is 0 Å². The van der Waals surface area contributed by atoms with E-state index in [1.54, 1.807) is 0 Å². The molecule has 0 fully saturated rings. The van der Waals surface area contributed by atoms with Gasteiger partial charge in [-0.3, -0.25) is 0 Å². The second-order valence-electron chi connectivity index (χ2n) is 7.67. The summed E-state index contributed by atoms with van der Waals surface area (Å²) < 4.78 is 0. The summed E-state index contributed by atoms with van der Waals surface area (Å²) in [6, 6.07) is 0. The number of halogens is 1. The van der Waals surface area contributed by atoms with Crippen molar-refractivity contribution in [3.05, 3.63) is 0 Å². The summed E-state index contributed by atoms with van der Waals surface area (Å²) >= 11 is 0. The summed E-state index contributed by atoms with van der Waals surface area (Å²) in [6.07, 6.45) is 16.9. The first-order valence-corrected chi connectivity index (χ1v) is 28.6. The number of unbranched alkanes of at least 4 members (excludes halogenated alkanes) is 9. The summed E-state index contributed by atoms with van der Waals surface area (Å²) in [4.78, 5) is 0. The maximum atomic E-state index is 8.10. The van der Waals surface area contributed by atoms with Gasteiger partial charge in [-0.15, -0.1) is 0 Å². The minimum absolute atomic E-state index is 0.565. The standard InChI is InChI=1S/3C8H18S.ClH.Ir/c3*1-3-5-6-7-8-9-4-2;;/h3*3-8H2,1-2H3;1H;/q;;;;+1/p-1. The van der Waals surface area contributed by atoms with E-state index < -0.39 is 8.95 Å². The second-order valence-corrected chi connectivity index (χ2v) is 48.8. The Hall–Kier alpha value is 1.99. The second kappa shape index (κ2) is 20.6. The van der Waals surface area contributed by atoms with E-state index in [1.807, 2.05) is 0 Å². The van der Waals surface area contributed by atoms with Crippen LogP contribution in [0.4, 0.5) is 0 Å². The molecular weight excluding hydrogens is 612 g/mol. The monoisotopic (exact) mass is 666 g/mol. The van der Waals surface area contributed by atoms with E-state index >= 15 is 0 Å². The van der Waals surface area contributed by atoms with Gasteiger partial charge in [-0.05, 0) is 0 Å². The van der Waals surface area contributed by atoms with Gasteiger partial charge in [0.25, 0.3) is 0 Å². The van der Waals surface area contributed by atoms with Crippen molar-refractivity contribution in [3.8, 4) is 0 Å².